The summed E-state index contributed by atoms with van der Waals surface area (Å²) in [7, 11) is 0. The molecule has 0 radical (unpaired) electrons. The molecule has 0 aliphatic carbocycles. The third-order valence-corrected chi connectivity index (χ3v) is 4.48. The van der Waals surface area contributed by atoms with Gasteiger partial charge >= 0.3 is 0 Å². The molecule has 0 saturated carbocycles. The van der Waals surface area contributed by atoms with E-state index in [1.54, 1.807) is 31.3 Å². The monoisotopic (exact) mass is 356 g/mol. The number of rotatable bonds is 5. The van der Waals surface area contributed by atoms with Crippen molar-refractivity contribution in [1.29, 1.82) is 0 Å². The molecule has 0 unspecified atom stereocenters. The molecule has 0 fully saturated rings. The fraction of sp³-hybridized carbons (Fsp3) is 0.300. The van der Waals surface area contributed by atoms with Gasteiger partial charge in [0.1, 0.15) is 17.2 Å². The lowest BCUT2D eigenvalue weighted by molar-refractivity contribution is 0.0939. The summed E-state index contributed by atoms with van der Waals surface area (Å²) < 4.78 is 20.2. The number of aromatic nitrogens is 1. The first-order valence-corrected chi connectivity index (χ1v) is 8.58. The van der Waals surface area contributed by atoms with Crippen LogP contribution in [0.4, 0.5) is 4.39 Å². The normalized spacial score (nSPS) is 12.3. The fourth-order valence-corrected chi connectivity index (χ4v) is 2.85. The predicted octanol–water partition coefficient (Wildman–Crippen LogP) is 3.62. The number of nitrogens with zero attached hydrogens (tertiary/aromatic N) is 1. The molecule has 0 spiro atoms. The Morgan fingerprint density at radius 1 is 1.27 bits per heavy atom. The third kappa shape index (κ3) is 3.40. The van der Waals surface area contributed by atoms with Crippen LogP contribution in [0.15, 0.2) is 45.7 Å². The first kappa shape index (κ1) is 17.9. The number of pyridine rings is 1. The van der Waals surface area contributed by atoms with Crippen molar-refractivity contribution in [3.05, 3.63) is 69.6 Å². The minimum Gasteiger partial charge on any atom is -0.460 e. The summed E-state index contributed by atoms with van der Waals surface area (Å²) >= 11 is 0. The summed E-state index contributed by atoms with van der Waals surface area (Å²) in [5.41, 5.74) is 1.15. The minimum absolute atomic E-state index is 0.00278. The van der Waals surface area contributed by atoms with Crippen LogP contribution in [-0.4, -0.2) is 16.5 Å². The maximum absolute atomic E-state index is 13.1. The van der Waals surface area contributed by atoms with Gasteiger partial charge in [-0.1, -0.05) is 19.1 Å². The Kier molecular flexibility index (Phi) is 4.93. The molecule has 1 amide bonds. The quantitative estimate of drug-likeness (QED) is 0.759. The van der Waals surface area contributed by atoms with Crippen molar-refractivity contribution in [3.8, 4) is 0 Å². The topological polar surface area (TPSA) is 64.2 Å². The third-order valence-electron chi connectivity index (χ3n) is 4.48. The molecule has 3 rings (SSSR count). The molecule has 1 aromatic carbocycles. The van der Waals surface area contributed by atoms with Crippen LogP contribution in [0, 0.1) is 12.7 Å². The first-order chi connectivity index (χ1) is 12.4. The van der Waals surface area contributed by atoms with E-state index in [9.17, 15) is 14.0 Å². The van der Waals surface area contributed by atoms with E-state index in [-0.39, 0.29) is 40.8 Å². The largest absolute Gasteiger partial charge is 0.460 e. The van der Waals surface area contributed by atoms with Crippen molar-refractivity contribution in [2.45, 2.75) is 39.8 Å². The second kappa shape index (κ2) is 7.15. The minimum atomic E-state index is -0.328. The van der Waals surface area contributed by atoms with Crippen LogP contribution in [0.3, 0.4) is 0 Å². The molecule has 5 nitrogen and oxygen atoms in total. The lowest BCUT2D eigenvalue weighted by atomic mass is 10.1. The van der Waals surface area contributed by atoms with Gasteiger partial charge < -0.3 is 14.3 Å². The van der Waals surface area contributed by atoms with Gasteiger partial charge in [0.2, 0.25) is 0 Å². The van der Waals surface area contributed by atoms with E-state index >= 15 is 0 Å². The maximum atomic E-state index is 13.1. The van der Waals surface area contributed by atoms with Crippen LogP contribution < -0.4 is 10.9 Å². The number of benzene rings is 1. The Hall–Kier alpha value is -2.89. The number of halogens is 1. The Morgan fingerprint density at radius 2 is 1.96 bits per heavy atom. The van der Waals surface area contributed by atoms with Gasteiger partial charge in [0.15, 0.2) is 0 Å². The molecule has 3 aromatic rings. The van der Waals surface area contributed by atoms with E-state index in [0.717, 1.165) is 12.0 Å². The number of hydrogen-bond donors (Lipinski definition) is 1. The van der Waals surface area contributed by atoms with Crippen molar-refractivity contribution in [2.24, 2.45) is 0 Å². The Labute approximate surface area is 150 Å². The summed E-state index contributed by atoms with van der Waals surface area (Å²) in [6.45, 7) is 5.84. The molecule has 0 saturated heterocycles. The van der Waals surface area contributed by atoms with Crippen molar-refractivity contribution in [3.63, 3.8) is 0 Å². The van der Waals surface area contributed by atoms with Crippen molar-refractivity contribution in [2.75, 3.05) is 0 Å². The van der Waals surface area contributed by atoms with Crippen LogP contribution in [0.2, 0.25) is 0 Å². The zero-order valence-electron chi connectivity index (χ0n) is 15.0. The Bertz CT molecular complexity index is 1000. The van der Waals surface area contributed by atoms with Gasteiger partial charge in [-0.15, -0.1) is 0 Å². The average Bonchev–Trinajstić information content (AvgIpc) is 2.96. The number of hydrogen-bond acceptors (Lipinski definition) is 3. The Balaban J connectivity index is 2.04. The number of fused-ring (bicyclic) bond motifs is 1. The molecule has 0 aliphatic rings. The van der Waals surface area contributed by atoms with Crippen LogP contribution in [-0.2, 0) is 6.54 Å². The highest BCUT2D eigenvalue weighted by molar-refractivity contribution is 6.07. The number of carbonyl (C=O) groups excluding carboxylic acids is 1. The highest BCUT2D eigenvalue weighted by Crippen LogP contribution is 2.23. The predicted molar refractivity (Wildman–Crippen MR) is 97.9 cm³/mol. The molecular weight excluding hydrogens is 335 g/mol. The molecule has 0 bridgehead atoms. The van der Waals surface area contributed by atoms with Crippen LogP contribution in [0.5, 0.6) is 0 Å². The summed E-state index contributed by atoms with van der Waals surface area (Å²) in [5.74, 6) is -0.226. The number of carbonyl (C=O) groups is 1. The van der Waals surface area contributed by atoms with Crippen molar-refractivity contribution >= 4 is 16.9 Å². The average molecular weight is 356 g/mol. The maximum Gasteiger partial charge on any atom is 0.262 e. The molecule has 1 atom stereocenters. The summed E-state index contributed by atoms with van der Waals surface area (Å²) in [4.78, 5) is 25.6. The van der Waals surface area contributed by atoms with Gasteiger partial charge in [-0.05, 0) is 44.0 Å². The zero-order valence-corrected chi connectivity index (χ0v) is 15.0. The standard InChI is InChI=1S/C20H21FN2O3/c1-4-12(2)22-19(24)17-13(3)26-16-9-10-23(20(25)18(16)17)11-14-5-7-15(21)8-6-14/h5-10,12H,4,11H2,1-3H3,(H,22,24)/t12-/m1/s1. The highest BCUT2D eigenvalue weighted by atomic mass is 19.1. The summed E-state index contributed by atoms with van der Waals surface area (Å²) in [6, 6.07) is 7.63. The van der Waals surface area contributed by atoms with Crippen LogP contribution in [0.1, 0.15) is 41.9 Å². The van der Waals surface area contributed by atoms with E-state index in [2.05, 4.69) is 5.32 Å². The lowest BCUT2D eigenvalue weighted by Crippen LogP contribution is -2.33. The van der Waals surface area contributed by atoms with Gasteiger partial charge in [-0.25, -0.2) is 4.39 Å². The van der Waals surface area contributed by atoms with Crippen LogP contribution >= 0.6 is 0 Å². The van der Waals surface area contributed by atoms with E-state index < -0.39 is 0 Å². The molecule has 136 valence electrons. The number of aryl methyl sites for hydroxylation is 1. The fourth-order valence-electron chi connectivity index (χ4n) is 2.85. The number of nitrogens with one attached hydrogen (secondary N) is 1. The van der Waals surface area contributed by atoms with Crippen LogP contribution in [0.25, 0.3) is 11.0 Å². The van der Waals surface area contributed by atoms with E-state index in [1.165, 1.54) is 16.7 Å². The first-order valence-electron chi connectivity index (χ1n) is 8.58. The molecule has 1 N–H and O–H groups in total. The van der Waals surface area contributed by atoms with Crippen molar-refractivity contribution < 1.29 is 13.6 Å². The van der Waals surface area contributed by atoms with E-state index in [4.69, 9.17) is 4.42 Å². The number of furan rings is 1. The zero-order chi connectivity index (χ0) is 18.8. The molecule has 26 heavy (non-hydrogen) atoms. The van der Waals surface area contributed by atoms with Gasteiger partial charge in [0, 0.05) is 12.2 Å². The smallest absolute Gasteiger partial charge is 0.262 e. The second-order valence-electron chi connectivity index (χ2n) is 6.43. The molecule has 0 aliphatic heterocycles. The van der Waals surface area contributed by atoms with Gasteiger partial charge in [0.25, 0.3) is 11.5 Å². The molecule has 2 aromatic heterocycles. The summed E-state index contributed by atoms with van der Waals surface area (Å²) in [6.07, 6.45) is 2.41. The van der Waals surface area contributed by atoms with E-state index in [0.29, 0.717) is 11.3 Å². The lowest BCUT2D eigenvalue weighted by Gasteiger charge is -2.11. The second-order valence-corrected chi connectivity index (χ2v) is 6.43. The van der Waals surface area contributed by atoms with Gasteiger partial charge in [-0.3, -0.25) is 9.59 Å². The van der Waals surface area contributed by atoms with Crippen molar-refractivity contribution in [1.82, 2.24) is 9.88 Å². The highest BCUT2D eigenvalue weighted by Gasteiger charge is 2.22. The molecule has 2 heterocycles. The van der Waals surface area contributed by atoms with Gasteiger partial charge in [-0.2, -0.15) is 0 Å². The summed E-state index contributed by atoms with van der Waals surface area (Å²) in [5, 5.41) is 3.15. The van der Waals surface area contributed by atoms with Gasteiger partial charge in [0.05, 0.1) is 17.5 Å². The SMILES string of the molecule is CC[C@@H](C)NC(=O)c1c(C)oc2ccn(Cc3ccc(F)cc3)c(=O)c12. The van der Waals surface area contributed by atoms with E-state index in [1.807, 2.05) is 13.8 Å². The molecule has 6 heteroatoms. The number of amides is 1. The Morgan fingerprint density at radius 3 is 2.62 bits per heavy atom. The molecular formula is C20H21FN2O3.